The van der Waals surface area contributed by atoms with E-state index in [0.717, 1.165) is 44.6 Å². The van der Waals surface area contributed by atoms with Crippen molar-refractivity contribution in [1.29, 1.82) is 0 Å². The summed E-state index contributed by atoms with van der Waals surface area (Å²) in [6.45, 7) is 13.7. The van der Waals surface area contributed by atoms with Crippen molar-refractivity contribution < 1.29 is 8.83 Å². The lowest BCUT2D eigenvalue weighted by Gasteiger charge is -2.22. The van der Waals surface area contributed by atoms with Crippen LogP contribution < -0.4 is 0 Å². The molecule has 10 rings (SSSR count). The first-order chi connectivity index (χ1) is 26.0. The molecule has 0 unspecified atom stereocenters. The molecule has 0 radical (unpaired) electrons. The summed E-state index contributed by atoms with van der Waals surface area (Å²) in [5.74, 6) is 1.75. The Hall–Kier alpha value is -6.12. The molecule has 8 aromatic carbocycles. The van der Waals surface area contributed by atoms with Gasteiger partial charge in [0.1, 0.15) is 22.7 Å². The van der Waals surface area contributed by atoms with Crippen LogP contribution in [0, 0.1) is 0 Å². The highest BCUT2D eigenvalue weighted by Gasteiger charge is 2.24. The van der Waals surface area contributed by atoms with Gasteiger partial charge in [0.05, 0.1) is 0 Å². The molecule has 10 aromatic rings. The first-order valence-electron chi connectivity index (χ1n) is 19.0. The minimum Gasteiger partial charge on any atom is -0.456 e. The zero-order chi connectivity index (χ0) is 36.9. The monoisotopic (exact) mass is 698 g/mol. The van der Waals surface area contributed by atoms with Gasteiger partial charge in [-0.1, -0.05) is 151 Å². The molecule has 262 valence electrons. The van der Waals surface area contributed by atoms with Crippen LogP contribution in [0.2, 0.25) is 0 Å². The molecule has 54 heavy (non-hydrogen) atoms. The van der Waals surface area contributed by atoms with Crippen molar-refractivity contribution in [2.24, 2.45) is 0 Å². The van der Waals surface area contributed by atoms with Gasteiger partial charge in [0.15, 0.2) is 0 Å². The Bertz CT molecular complexity index is 2980. The van der Waals surface area contributed by atoms with Gasteiger partial charge in [-0.05, 0) is 113 Å². The Morgan fingerprint density at radius 1 is 0.352 bits per heavy atom. The molecule has 2 nitrogen and oxygen atoms in total. The van der Waals surface area contributed by atoms with E-state index in [4.69, 9.17) is 8.83 Å². The largest absolute Gasteiger partial charge is 0.456 e. The molecule has 0 atom stereocenters. The number of para-hydroxylation sites is 2. The lowest BCUT2D eigenvalue weighted by atomic mass is 9.81. The molecule has 2 aromatic heterocycles. The molecule has 0 fully saturated rings. The lowest BCUT2D eigenvalue weighted by Crippen LogP contribution is -2.10. The van der Waals surface area contributed by atoms with Crippen molar-refractivity contribution in [2.45, 2.75) is 52.4 Å². The summed E-state index contributed by atoms with van der Waals surface area (Å²) in [5.41, 5.74) is 11.5. The number of hydrogen-bond donors (Lipinski definition) is 0. The van der Waals surface area contributed by atoms with Gasteiger partial charge in [-0.3, -0.25) is 0 Å². The third kappa shape index (κ3) is 5.16. The molecular formula is C52H42O2. The van der Waals surface area contributed by atoms with Gasteiger partial charge in [-0.2, -0.15) is 0 Å². The molecule has 2 heteroatoms. The van der Waals surface area contributed by atoms with Gasteiger partial charge in [0, 0.05) is 21.9 Å². The van der Waals surface area contributed by atoms with Gasteiger partial charge in [0.2, 0.25) is 0 Å². The predicted molar refractivity (Wildman–Crippen MR) is 229 cm³/mol. The summed E-state index contributed by atoms with van der Waals surface area (Å²) in [5, 5.41) is 9.48. The van der Waals surface area contributed by atoms with E-state index < -0.39 is 0 Å². The molecule has 0 saturated carbocycles. The maximum absolute atomic E-state index is 6.66. The summed E-state index contributed by atoms with van der Waals surface area (Å²) in [7, 11) is 0. The molecule has 0 spiro atoms. The molecule has 2 heterocycles. The van der Waals surface area contributed by atoms with Crippen LogP contribution >= 0.6 is 0 Å². The third-order valence-electron chi connectivity index (χ3n) is 11.4. The normalized spacial score (nSPS) is 12.6. The Balaban J connectivity index is 1.35. The fourth-order valence-electron chi connectivity index (χ4n) is 8.41. The van der Waals surface area contributed by atoms with E-state index in [1.165, 1.54) is 65.7 Å². The van der Waals surface area contributed by atoms with Gasteiger partial charge in [-0.25, -0.2) is 0 Å². The van der Waals surface area contributed by atoms with Gasteiger partial charge >= 0.3 is 0 Å². The second-order valence-electron chi connectivity index (χ2n) is 17.0. The van der Waals surface area contributed by atoms with Crippen LogP contribution in [0.25, 0.3) is 99.2 Å². The van der Waals surface area contributed by atoms with E-state index in [2.05, 4.69) is 175 Å². The first-order valence-corrected chi connectivity index (χ1v) is 19.0. The van der Waals surface area contributed by atoms with Crippen LogP contribution in [0.3, 0.4) is 0 Å². The fraction of sp³-hybridized carbons (Fsp3) is 0.154. The van der Waals surface area contributed by atoms with E-state index in [1.54, 1.807) is 0 Å². The summed E-state index contributed by atoms with van der Waals surface area (Å²) in [6.07, 6.45) is 0. The minimum absolute atomic E-state index is 0.0142. The van der Waals surface area contributed by atoms with Crippen molar-refractivity contribution in [2.75, 3.05) is 0 Å². The van der Waals surface area contributed by atoms with Crippen molar-refractivity contribution >= 4 is 54.3 Å². The van der Waals surface area contributed by atoms with E-state index >= 15 is 0 Å². The maximum atomic E-state index is 6.66. The smallest absolute Gasteiger partial charge is 0.136 e. The van der Waals surface area contributed by atoms with Crippen molar-refractivity contribution in [3.8, 4) is 44.9 Å². The second-order valence-corrected chi connectivity index (χ2v) is 17.0. The van der Waals surface area contributed by atoms with Crippen molar-refractivity contribution in [3.05, 3.63) is 157 Å². The predicted octanol–water partition coefficient (Wildman–Crippen LogP) is 15.3. The molecule has 0 saturated heterocycles. The van der Waals surface area contributed by atoms with E-state index in [0.29, 0.717) is 0 Å². The average Bonchev–Trinajstić information content (AvgIpc) is 3.81. The molecule has 0 aliphatic heterocycles. The zero-order valence-corrected chi connectivity index (χ0v) is 31.7. The van der Waals surface area contributed by atoms with Gasteiger partial charge in [-0.15, -0.1) is 0 Å². The Morgan fingerprint density at radius 3 is 1.30 bits per heavy atom. The van der Waals surface area contributed by atoms with Crippen molar-refractivity contribution in [3.63, 3.8) is 0 Å². The minimum atomic E-state index is 0.0142. The highest BCUT2D eigenvalue weighted by molar-refractivity contribution is 6.31. The summed E-state index contributed by atoms with van der Waals surface area (Å²) in [4.78, 5) is 0. The van der Waals surface area contributed by atoms with E-state index in [1.807, 2.05) is 12.1 Å². The number of benzene rings is 8. The number of hydrogen-bond acceptors (Lipinski definition) is 2. The quantitative estimate of drug-likeness (QED) is 0.171. The van der Waals surface area contributed by atoms with Crippen molar-refractivity contribution in [1.82, 2.24) is 0 Å². The average molecular weight is 699 g/mol. The van der Waals surface area contributed by atoms with E-state index in [-0.39, 0.29) is 10.8 Å². The van der Waals surface area contributed by atoms with E-state index in [9.17, 15) is 0 Å². The van der Waals surface area contributed by atoms with Crippen LogP contribution in [0.1, 0.15) is 52.7 Å². The molecule has 0 amide bonds. The molecule has 0 aliphatic rings. The molecule has 0 N–H and O–H groups in total. The summed E-state index contributed by atoms with van der Waals surface area (Å²) < 4.78 is 13.3. The SMILES string of the molecule is CC(C)(C)c1ccc(-c2cc(-c3cc4ccccc4o3)c3ccc4c(-c5cccc(C(C)(C)C)c5)cc(-c5cc6ccccc6o5)c5ccc2c3c45)cc1. The zero-order valence-electron chi connectivity index (χ0n) is 31.7. The standard InChI is InChI=1S/C52H42O2/c1-51(2,3)35-20-18-31(19-21-35)41-29-43(47-27-33-12-7-9-16-45(33)53-47)39-25-23-38-42(32-14-11-15-36(26-32)52(4,5)6)30-44(40-24-22-37(41)49(39)50(38)40)48-28-34-13-8-10-17-46(34)54-48/h7-30H,1-6H3. The Kier molecular flexibility index (Phi) is 7.04. The van der Waals surface area contributed by atoms with Crippen LogP contribution in [0.5, 0.6) is 0 Å². The highest BCUT2D eigenvalue weighted by Crippen LogP contribution is 2.49. The Labute approximate surface area is 316 Å². The maximum Gasteiger partial charge on any atom is 0.136 e. The first kappa shape index (κ1) is 32.5. The second kappa shape index (κ2) is 11.7. The number of fused-ring (bicyclic) bond motifs is 2. The number of rotatable bonds is 4. The van der Waals surface area contributed by atoms with Crippen LogP contribution in [-0.2, 0) is 10.8 Å². The summed E-state index contributed by atoms with van der Waals surface area (Å²) >= 11 is 0. The fourth-order valence-corrected chi connectivity index (χ4v) is 8.41. The molecule has 0 aliphatic carbocycles. The number of furan rings is 2. The van der Waals surface area contributed by atoms with Crippen LogP contribution in [0.15, 0.2) is 154 Å². The summed E-state index contributed by atoms with van der Waals surface area (Å²) in [6, 6.07) is 53.2. The molecular weight excluding hydrogens is 657 g/mol. The van der Waals surface area contributed by atoms with Crippen LogP contribution in [0.4, 0.5) is 0 Å². The highest BCUT2D eigenvalue weighted by atomic mass is 16.3. The molecule has 0 bridgehead atoms. The van der Waals surface area contributed by atoms with Crippen LogP contribution in [-0.4, -0.2) is 0 Å². The lowest BCUT2D eigenvalue weighted by molar-refractivity contribution is 0.590. The van der Waals surface area contributed by atoms with Gasteiger partial charge < -0.3 is 8.83 Å². The topological polar surface area (TPSA) is 26.3 Å². The third-order valence-corrected chi connectivity index (χ3v) is 11.4. The van der Waals surface area contributed by atoms with Gasteiger partial charge in [0.25, 0.3) is 0 Å². The Morgan fingerprint density at radius 2 is 0.815 bits per heavy atom.